The lowest BCUT2D eigenvalue weighted by Gasteiger charge is -2.33. The van der Waals surface area contributed by atoms with Crippen LogP contribution < -0.4 is 10.1 Å². The van der Waals surface area contributed by atoms with E-state index in [0.717, 1.165) is 53.5 Å². The van der Waals surface area contributed by atoms with Gasteiger partial charge in [-0.05, 0) is 68.0 Å². The summed E-state index contributed by atoms with van der Waals surface area (Å²) >= 11 is 6.32. The number of amides is 2. The molecule has 0 bridgehead atoms. The van der Waals surface area contributed by atoms with Crippen molar-refractivity contribution in [2.45, 2.75) is 77.9 Å². The van der Waals surface area contributed by atoms with E-state index in [1.54, 1.807) is 4.90 Å². The van der Waals surface area contributed by atoms with Gasteiger partial charge in [0.05, 0.1) is 0 Å². The van der Waals surface area contributed by atoms with E-state index < -0.39 is 6.04 Å². The first-order valence-corrected chi connectivity index (χ1v) is 14.3. The summed E-state index contributed by atoms with van der Waals surface area (Å²) in [6.07, 6.45) is 5.83. The second kappa shape index (κ2) is 13.7. The molecule has 6 heteroatoms. The number of benzene rings is 3. The molecule has 1 aliphatic carbocycles. The molecule has 0 aromatic heterocycles. The highest BCUT2D eigenvalue weighted by Gasteiger charge is 2.32. The standard InChI is InChI=1S/C33H39ClN2O3/c1-23-14-16-27(17-15-23)21-36(31(37)22-39-29-18-24(2)32(34)25(3)19-29)30(20-26-10-6-4-7-11-26)33(38)35-28-12-8-5-9-13-28/h4,6-7,10-11,14-19,28,30H,5,8-9,12-13,20-22H2,1-3H3,(H,35,38)/t30-/m1/s1. The average molecular weight is 547 g/mol. The molecule has 1 fully saturated rings. The Kier molecular flexibility index (Phi) is 10.0. The predicted molar refractivity (Wildman–Crippen MR) is 157 cm³/mol. The van der Waals surface area contributed by atoms with E-state index in [0.29, 0.717) is 23.7 Å². The number of ether oxygens (including phenoxy) is 1. The van der Waals surface area contributed by atoms with Crippen molar-refractivity contribution in [2.24, 2.45) is 0 Å². The molecule has 0 aliphatic heterocycles. The number of nitrogens with zero attached hydrogens (tertiary/aromatic N) is 1. The second-order valence-electron chi connectivity index (χ2n) is 10.7. The molecule has 4 rings (SSSR count). The van der Waals surface area contributed by atoms with Crippen LogP contribution >= 0.6 is 11.6 Å². The van der Waals surface area contributed by atoms with Gasteiger partial charge in [-0.25, -0.2) is 0 Å². The molecule has 1 aliphatic rings. The van der Waals surface area contributed by atoms with Crippen LogP contribution in [-0.2, 0) is 22.6 Å². The largest absolute Gasteiger partial charge is 0.484 e. The van der Waals surface area contributed by atoms with Gasteiger partial charge >= 0.3 is 0 Å². The van der Waals surface area contributed by atoms with E-state index >= 15 is 0 Å². The van der Waals surface area contributed by atoms with Crippen LogP contribution in [0.25, 0.3) is 0 Å². The van der Waals surface area contributed by atoms with Gasteiger partial charge in [0.15, 0.2) is 6.61 Å². The molecule has 1 N–H and O–H groups in total. The number of carbonyl (C=O) groups is 2. The quantitative estimate of drug-likeness (QED) is 0.306. The molecule has 5 nitrogen and oxygen atoms in total. The molecule has 1 atom stereocenters. The Morgan fingerprint density at radius 1 is 0.923 bits per heavy atom. The normalized spacial score (nSPS) is 14.5. The SMILES string of the molecule is Cc1ccc(CN(C(=O)COc2cc(C)c(Cl)c(C)c2)[C@H](Cc2ccccc2)C(=O)NC2CCCCC2)cc1. The highest BCUT2D eigenvalue weighted by molar-refractivity contribution is 6.32. The van der Waals surface area contributed by atoms with Crippen molar-refractivity contribution < 1.29 is 14.3 Å². The fourth-order valence-corrected chi connectivity index (χ4v) is 5.32. The van der Waals surface area contributed by atoms with Gasteiger partial charge in [-0.15, -0.1) is 0 Å². The third kappa shape index (κ3) is 8.09. The molecule has 0 spiro atoms. The van der Waals surface area contributed by atoms with Crippen LogP contribution in [-0.4, -0.2) is 35.4 Å². The van der Waals surface area contributed by atoms with Crippen LogP contribution in [0.1, 0.15) is 59.9 Å². The average Bonchev–Trinajstić information content (AvgIpc) is 2.94. The topological polar surface area (TPSA) is 58.6 Å². The number of hydrogen-bond donors (Lipinski definition) is 1. The van der Waals surface area contributed by atoms with Crippen molar-refractivity contribution in [3.8, 4) is 5.75 Å². The summed E-state index contributed by atoms with van der Waals surface area (Å²) in [5, 5.41) is 3.97. The lowest BCUT2D eigenvalue weighted by atomic mass is 9.94. The second-order valence-corrected chi connectivity index (χ2v) is 11.1. The Morgan fingerprint density at radius 2 is 1.56 bits per heavy atom. The summed E-state index contributed by atoms with van der Waals surface area (Å²) in [7, 11) is 0. The van der Waals surface area contributed by atoms with Crippen LogP contribution in [0.4, 0.5) is 0 Å². The Balaban J connectivity index is 1.61. The summed E-state index contributed by atoms with van der Waals surface area (Å²) in [6.45, 7) is 6.01. The van der Waals surface area contributed by atoms with Crippen LogP contribution in [0.15, 0.2) is 66.7 Å². The fourth-order valence-electron chi connectivity index (χ4n) is 5.21. The molecule has 0 saturated heterocycles. The van der Waals surface area contributed by atoms with E-state index in [2.05, 4.69) is 5.32 Å². The van der Waals surface area contributed by atoms with E-state index in [1.165, 1.54) is 6.42 Å². The third-order valence-electron chi connectivity index (χ3n) is 7.47. The number of hydrogen-bond acceptors (Lipinski definition) is 3. The van der Waals surface area contributed by atoms with Crippen LogP contribution in [0, 0.1) is 20.8 Å². The fraction of sp³-hybridized carbons (Fsp3) is 0.394. The van der Waals surface area contributed by atoms with Gasteiger partial charge in [0.1, 0.15) is 11.8 Å². The molecule has 39 heavy (non-hydrogen) atoms. The Hall–Kier alpha value is -3.31. The van der Waals surface area contributed by atoms with Gasteiger partial charge in [0.2, 0.25) is 5.91 Å². The minimum absolute atomic E-state index is 0.107. The third-order valence-corrected chi connectivity index (χ3v) is 8.06. The van der Waals surface area contributed by atoms with Gasteiger partial charge in [-0.2, -0.15) is 0 Å². The van der Waals surface area contributed by atoms with Gasteiger partial charge in [0.25, 0.3) is 5.91 Å². The number of rotatable bonds is 10. The molecule has 206 valence electrons. The maximum absolute atomic E-state index is 13.8. The monoisotopic (exact) mass is 546 g/mol. The highest BCUT2D eigenvalue weighted by Crippen LogP contribution is 2.26. The number of halogens is 1. The maximum atomic E-state index is 13.8. The summed E-state index contributed by atoms with van der Waals surface area (Å²) in [5.41, 5.74) is 4.90. The van der Waals surface area contributed by atoms with Crippen molar-refractivity contribution in [2.75, 3.05) is 6.61 Å². The zero-order valence-electron chi connectivity index (χ0n) is 23.2. The highest BCUT2D eigenvalue weighted by atomic mass is 35.5. The van der Waals surface area contributed by atoms with Crippen molar-refractivity contribution in [1.82, 2.24) is 10.2 Å². The number of aryl methyl sites for hydroxylation is 3. The zero-order chi connectivity index (χ0) is 27.8. The van der Waals surface area contributed by atoms with E-state index in [-0.39, 0.29) is 24.5 Å². The first kappa shape index (κ1) is 28.7. The molecule has 2 amide bonds. The Bertz CT molecular complexity index is 1230. The van der Waals surface area contributed by atoms with Crippen LogP contribution in [0.3, 0.4) is 0 Å². The van der Waals surface area contributed by atoms with Gasteiger partial charge in [-0.1, -0.05) is 91.0 Å². The molecule has 0 heterocycles. The molecule has 3 aromatic rings. The molecule has 0 unspecified atom stereocenters. The first-order valence-electron chi connectivity index (χ1n) is 13.9. The minimum atomic E-state index is -0.666. The summed E-state index contributed by atoms with van der Waals surface area (Å²) in [6, 6.07) is 21.1. The van der Waals surface area contributed by atoms with Crippen molar-refractivity contribution >= 4 is 23.4 Å². The zero-order valence-corrected chi connectivity index (χ0v) is 24.0. The predicted octanol–water partition coefficient (Wildman–Crippen LogP) is 6.73. The molecular formula is C33H39ClN2O3. The van der Waals surface area contributed by atoms with E-state index in [9.17, 15) is 9.59 Å². The van der Waals surface area contributed by atoms with Crippen LogP contribution in [0.5, 0.6) is 5.75 Å². The van der Waals surface area contributed by atoms with Crippen LogP contribution in [0.2, 0.25) is 5.02 Å². The van der Waals surface area contributed by atoms with Crippen molar-refractivity contribution in [3.63, 3.8) is 0 Å². The lowest BCUT2D eigenvalue weighted by Crippen LogP contribution is -2.53. The summed E-state index contributed by atoms with van der Waals surface area (Å²) in [5.74, 6) is 0.245. The first-order chi connectivity index (χ1) is 18.8. The van der Waals surface area contributed by atoms with E-state index in [4.69, 9.17) is 16.3 Å². The van der Waals surface area contributed by atoms with Gasteiger partial charge in [0, 0.05) is 24.0 Å². The van der Waals surface area contributed by atoms with Gasteiger partial charge in [-0.3, -0.25) is 9.59 Å². The van der Waals surface area contributed by atoms with Crippen molar-refractivity contribution in [3.05, 3.63) is 99.6 Å². The lowest BCUT2D eigenvalue weighted by molar-refractivity contribution is -0.143. The summed E-state index contributed by atoms with van der Waals surface area (Å²) < 4.78 is 5.97. The number of carbonyl (C=O) groups excluding carboxylic acids is 2. The number of nitrogens with one attached hydrogen (secondary N) is 1. The van der Waals surface area contributed by atoms with Gasteiger partial charge < -0.3 is 15.0 Å². The minimum Gasteiger partial charge on any atom is -0.484 e. The summed E-state index contributed by atoms with van der Waals surface area (Å²) in [4.78, 5) is 29.4. The Labute approximate surface area is 237 Å². The molecule has 3 aromatic carbocycles. The molecule has 0 radical (unpaired) electrons. The molecular weight excluding hydrogens is 508 g/mol. The van der Waals surface area contributed by atoms with Crippen molar-refractivity contribution in [1.29, 1.82) is 0 Å². The smallest absolute Gasteiger partial charge is 0.261 e. The molecule has 1 saturated carbocycles. The Morgan fingerprint density at radius 3 is 2.21 bits per heavy atom. The maximum Gasteiger partial charge on any atom is 0.261 e. The van der Waals surface area contributed by atoms with E-state index in [1.807, 2.05) is 87.5 Å².